The van der Waals surface area contributed by atoms with Gasteiger partial charge in [0.25, 0.3) is 5.91 Å². The van der Waals surface area contributed by atoms with E-state index in [2.05, 4.69) is 34.8 Å². The molecule has 0 aromatic heterocycles. The third-order valence-electron chi connectivity index (χ3n) is 3.22. The van der Waals surface area contributed by atoms with Crippen LogP contribution in [0.3, 0.4) is 0 Å². The molecule has 2 aromatic carbocycles. The third kappa shape index (κ3) is 3.71. The molecule has 110 valence electrons. The Balaban J connectivity index is 2.40. The molecular weight excluding hydrogens is 420 g/mol. The maximum Gasteiger partial charge on any atom is 0.256 e. The average Bonchev–Trinajstić information content (AvgIpc) is 2.44. The van der Waals surface area contributed by atoms with Crippen LogP contribution in [0.1, 0.15) is 28.4 Å². The second-order valence-electron chi connectivity index (χ2n) is 4.67. The van der Waals surface area contributed by atoms with E-state index in [-0.39, 0.29) is 5.91 Å². The zero-order chi connectivity index (χ0) is 15.6. The number of rotatable bonds is 3. The first-order valence-corrected chi connectivity index (χ1v) is 8.32. The summed E-state index contributed by atoms with van der Waals surface area (Å²) < 4.78 is 0.697. The summed E-state index contributed by atoms with van der Waals surface area (Å²) in [7, 11) is 0. The van der Waals surface area contributed by atoms with Gasteiger partial charge < -0.3 is 5.32 Å². The molecule has 0 bridgehead atoms. The molecule has 21 heavy (non-hydrogen) atoms. The minimum Gasteiger partial charge on any atom is -0.321 e. The summed E-state index contributed by atoms with van der Waals surface area (Å²) in [6.45, 7) is 4.04. The first kappa shape index (κ1) is 16.6. The van der Waals surface area contributed by atoms with Gasteiger partial charge in [-0.25, -0.2) is 0 Å². The molecule has 0 radical (unpaired) electrons. The Morgan fingerprint density at radius 3 is 2.67 bits per heavy atom. The molecule has 0 atom stereocenters. The fourth-order valence-electron chi connectivity index (χ4n) is 2.10. The third-order valence-corrected chi connectivity index (χ3v) is 5.21. The Hall–Kier alpha value is -0.780. The molecule has 0 spiro atoms. The fourth-order valence-corrected chi connectivity index (χ4v) is 3.15. The number of nitrogens with one attached hydrogen (secondary N) is 1. The lowest BCUT2D eigenvalue weighted by Crippen LogP contribution is -2.16. The molecule has 0 unspecified atom stereocenters. The highest BCUT2D eigenvalue weighted by atomic mass is 127. The molecule has 2 nitrogen and oxygen atoms in total. The Bertz CT molecular complexity index is 701. The van der Waals surface area contributed by atoms with Crippen LogP contribution < -0.4 is 5.32 Å². The van der Waals surface area contributed by atoms with Crippen molar-refractivity contribution in [1.29, 1.82) is 0 Å². The first-order chi connectivity index (χ1) is 9.93. The predicted molar refractivity (Wildman–Crippen MR) is 97.7 cm³/mol. The van der Waals surface area contributed by atoms with Gasteiger partial charge in [0.05, 0.1) is 10.6 Å². The molecule has 1 amide bonds. The van der Waals surface area contributed by atoms with E-state index in [0.29, 0.717) is 19.2 Å². The molecule has 1 N–H and O–H groups in total. The maximum atomic E-state index is 12.5. The molecule has 0 aliphatic carbocycles. The molecule has 5 heteroatoms. The topological polar surface area (TPSA) is 29.1 Å². The van der Waals surface area contributed by atoms with Crippen molar-refractivity contribution >= 4 is 57.4 Å². The zero-order valence-corrected chi connectivity index (χ0v) is 15.3. The monoisotopic (exact) mass is 433 g/mol. The Kier molecular flexibility index (Phi) is 5.52. The van der Waals surface area contributed by atoms with Gasteiger partial charge in [0, 0.05) is 14.3 Å². The number of hydrogen-bond donors (Lipinski definition) is 1. The van der Waals surface area contributed by atoms with Crippen molar-refractivity contribution in [3.05, 3.63) is 60.6 Å². The Morgan fingerprint density at radius 2 is 2.00 bits per heavy atom. The predicted octanol–water partition coefficient (Wildman–Crippen LogP) is 5.72. The highest BCUT2D eigenvalue weighted by molar-refractivity contribution is 14.1. The number of amides is 1. The molecule has 0 aliphatic heterocycles. The Morgan fingerprint density at radius 1 is 1.29 bits per heavy atom. The van der Waals surface area contributed by atoms with Crippen LogP contribution in [0.4, 0.5) is 5.69 Å². The van der Waals surface area contributed by atoms with Crippen LogP contribution >= 0.6 is 45.8 Å². The summed E-state index contributed by atoms with van der Waals surface area (Å²) in [5.41, 5.74) is 3.48. The van der Waals surface area contributed by atoms with E-state index < -0.39 is 0 Å². The molecule has 0 fully saturated rings. The summed E-state index contributed by atoms with van der Waals surface area (Å²) in [6, 6.07) is 9.24. The number of aryl methyl sites for hydroxylation is 2. The van der Waals surface area contributed by atoms with E-state index in [4.69, 9.17) is 23.2 Å². The van der Waals surface area contributed by atoms with Crippen LogP contribution in [-0.4, -0.2) is 5.91 Å². The van der Waals surface area contributed by atoms with Crippen molar-refractivity contribution < 1.29 is 4.79 Å². The lowest BCUT2D eigenvalue weighted by Gasteiger charge is -2.14. The van der Waals surface area contributed by atoms with Gasteiger partial charge in [0.15, 0.2) is 0 Å². The molecular formula is C16H14Cl2INO. The van der Waals surface area contributed by atoms with Gasteiger partial charge in [0.2, 0.25) is 0 Å². The van der Waals surface area contributed by atoms with E-state index in [0.717, 1.165) is 23.2 Å². The number of hydrogen-bond acceptors (Lipinski definition) is 1. The van der Waals surface area contributed by atoms with Gasteiger partial charge in [-0.2, -0.15) is 0 Å². The van der Waals surface area contributed by atoms with Crippen molar-refractivity contribution in [2.75, 3.05) is 5.32 Å². The van der Waals surface area contributed by atoms with Crippen molar-refractivity contribution in [2.45, 2.75) is 20.3 Å². The Labute approximate surface area is 148 Å². The minimum atomic E-state index is -0.201. The van der Waals surface area contributed by atoms with Gasteiger partial charge in [-0.15, -0.1) is 0 Å². The largest absolute Gasteiger partial charge is 0.321 e. The number of carbonyl (C=O) groups excluding carboxylic acids is 1. The van der Waals surface area contributed by atoms with Crippen LogP contribution in [0.15, 0.2) is 30.3 Å². The van der Waals surface area contributed by atoms with Crippen LogP contribution in [0.5, 0.6) is 0 Å². The number of halogens is 3. The smallest absolute Gasteiger partial charge is 0.256 e. The maximum absolute atomic E-state index is 12.5. The summed E-state index contributed by atoms with van der Waals surface area (Å²) in [6.07, 6.45) is 0.852. The van der Waals surface area contributed by atoms with Crippen molar-refractivity contribution in [2.24, 2.45) is 0 Å². The second kappa shape index (κ2) is 6.99. The molecule has 0 saturated heterocycles. The highest BCUT2D eigenvalue weighted by Crippen LogP contribution is 2.28. The van der Waals surface area contributed by atoms with Crippen molar-refractivity contribution in [3.63, 3.8) is 0 Å². The lowest BCUT2D eigenvalue weighted by atomic mass is 10.1. The molecule has 0 aliphatic rings. The number of anilines is 1. The van der Waals surface area contributed by atoms with Crippen LogP contribution in [0.25, 0.3) is 0 Å². The number of para-hydroxylation sites is 1. The minimum absolute atomic E-state index is 0.201. The summed E-state index contributed by atoms with van der Waals surface area (Å²) in [5.74, 6) is -0.201. The zero-order valence-electron chi connectivity index (χ0n) is 11.6. The van der Waals surface area contributed by atoms with Gasteiger partial charge in [-0.3, -0.25) is 4.79 Å². The normalized spacial score (nSPS) is 10.5. The summed E-state index contributed by atoms with van der Waals surface area (Å²) in [4.78, 5) is 12.5. The standard InChI is InChI=1S/C16H14Cl2INO/c1-3-10-6-4-5-9(2)15(10)20-16(21)12-7-11(17)8-13(18)14(12)19/h4-8H,3H2,1-2H3,(H,20,21). The van der Waals surface area contributed by atoms with E-state index in [1.165, 1.54) is 0 Å². The molecule has 0 heterocycles. The van der Waals surface area contributed by atoms with Gasteiger partial charge in [0.1, 0.15) is 0 Å². The summed E-state index contributed by atoms with van der Waals surface area (Å²) >= 11 is 14.1. The van der Waals surface area contributed by atoms with E-state index in [1.54, 1.807) is 12.1 Å². The van der Waals surface area contributed by atoms with Gasteiger partial charge in [-0.05, 0) is 59.2 Å². The molecule has 0 saturated carbocycles. The van der Waals surface area contributed by atoms with Crippen LogP contribution in [0, 0.1) is 10.5 Å². The second-order valence-corrected chi connectivity index (χ2v) is 6.59. The molecule has 2 rings (SSSR count). The van der Waals surface area contributed by atoms with E-state index in [9.17, 15) is 4.79 Å². The average molecular weight is 434 g/mol. The van der Waals surface area contributed by atoms with Gasteiger partial charge >= 0.3 is 0 Å². The first-order valence-electron chi connectivity index (χ1n) is 6.48. The van der Waals surface area contributed by atoms with E-state index >= 15 is 0 Å². The van der Waals surface area contributed by atoms with E-state index in [1.807, 2.05) is 25.1 Å². The quantitative estimate of drug-likeness (QED) is 0.486. The highest BCUT2D eigenvalue weighted by Gasteiger charge is 2.16. The van der Waals surface area contributed by atoms with Crippen molar-refractivity contribution in [1.82, 2.24) is 0 Å². The van der Waals surface area contributed by atoms with Gasteiger partial charge in [-0.1, -0.05) is 48.3 Å². The van der Waals surface area contributed by atoms with Crippen LogP contribution in [-0.2, 0) is 6.42 Å². The SMILES string of the molecule is CCc1cccc(C)c1NC(=O)c1cc(Cl)cc(Cl)c1I. The molecule has 2 aromatic rings. The lowest BCUT2D eigenvalue weighted by molar-refractivity contribution is 0.102. The summed E-state index contributed by atoms with van der Waals surface area (Å²) in [5, 5.41) is 3.91. The van der Waals surface area contributed by atoms with Crippen molar-refractivity contribution in [3.8, 4) is 0 Å². The number of benzene rings is 2. The number of carbonyl (C=O) groups is 1. The van der Waals surface area contributed by atoms with Crippen LogP contribution in [0.2, 0.25) is 10.0 Å². The fraction of sp³-hybridized carbons (Fsp3) is 0.188.